The van der Waals surface area contributed by atoms with E-state index in [0.29, 0.717) is 33.5 Å². The van der Waals surface area contributed by atoms with Gasteiger partial charge in [-0.1, -0.05) is 53.7 Å². The monoisotopic (exact) mass is 459 g/mol. The van der Waals surface area contributed by atoms with Crippen LogP contribution in [0, 0.1) is 0 Å². The highest BCUT2D eigenvalue weighted by molar-refractivity contribution is 7.98. The second-order valence-electron chi connectivity index (χ2n) is 6.62. The number of hydrogen-bond donors (Lipinski definition) is 3. The smallest absolute Gasteiger partial charge is 0.294 e. The van der Waals surface area contributed by atoms with Crippen LogP contribution >= 0.6 is 23.4 Å². The number of para-hydroxylation sites is 1. The first-order chi connectivity index (χ1) is 14.4. The molecule has 1 heterocycles. The van der Waals surface area contributed by atoms with Crippen molar-refractivity contribution < 1.29 is 13.0 Å². The Bertz CT molecular complexity index is 1290. The van der Waals surface area contributed by atoms with Gasteiger partial charge in [-0.25, -0.2) is 4.98 Å². The maximum atomic E-state index is 11.3. The normalized spacial score (nSPS) is 11.7. The zero-order valence-electron chi connectivity index (χ0n) is 15.7. The van der Waals surface area contributed by atoms with Gasteiger partial charge >= 0.3 is 0 Å². The average Bonchev–Trinajstić information content (AvgIpc) is 3.14. The number of rotatable bonds is 7. The summed E-state index contributed by atoms with van der Waals surface area (Å²) < 4.78 is 31.8. The number of hydrogen-bond acceptors (Lipinski definition) is 5. The molecule has 3 N–H and O–H groups in total. The molecule has 0 bridgehead atoms. The van der Waals surface area contributed by atoms with Gasteiger partial charge < -0.3 is 10.3 Å². The van der Waals surface area contributed by atoms with Crippen molar-refractivity contribution in [2.45, 2.75) is 22.3 Å². The summed E-state index contributed by atoms with van der Waals surface area (Å²) >= 11 is 7.45. The molecule has 4 rings (SSSR count). The molecule has 0 amide bonds. The summed E-state index contributed by atoms with van der Waals surface area (Å²) in [5.41, 5.74) is 4.48. The summed E-state index contributed by atoms with van der Waals surface area (Å²) in [4.78, 5) is 7.42. The largest absolute Gasteiger partial charge is 0.381 e. The van der Waals surface area contributed by atoms with E-state index < -0.39 is 10.1 Å². The highest BCUT2D eigenvalue weighted by atomic mass is 35.5. The molecule has 0 spiro atoms. The predicted octanol–water partition coefficient (Wildman–Crippen LogP) is 5.37. The number of imidazole rings is 1. The van der Waals surface area contributed by atoms with Gasteiger partial charge in [0.2, 0.25) is 0 Å². The van der Waals surface area contributed by atoms with E-state index >= 15 is 0 Å². The number of fused-ring (bicyclic) bond motifs is 1. The summed E-state index contributed by atoms with van der Waals surface area (Å²) in [5, 5.41) is 4.84. The number of aromatic amines is 1. The van der Waals surface area contributed by atoms with Crippen molar-refractivity contribution >= 4 is 50.2 Å². The highest BCUT2D eigenvalue weighted by Crippen LogP contribution is 2.28. The van der Waals surface area contributed by atoms with Gasteiger partial charge in [-0.3, -0.25) is 4.55 Å². The lowest BCUT2D eigenvalue weighted by atomic mass is 10.2. The zero-order valence-corrected chi connectivity index (χ0v) is 18.1. The Morgan fingerprint density at radius 1 is 1.07 bits per heavy atom. The molecule has 4 aromatic rings. The van der Waals surface area contributed by atoms with Gasteiger partial charge in [-0.05, 0) is 47.5 Å². The molecule has 0 radical (unpaired) electrons. The molecule has 0 atom stereocenters. The van der Waals surface area contributed by atoms with Crippen molar-refractivity contribution in [3.8, 4) is 0 Å². The summed E-state index contributed by atoms with van der Waals surface area (Å²) in [7, 11) is -4.25. The van der Waals surface area contributed by atoms with E-state index in [-0.39, 0.29) is 4.90 Å². The second-order valence-corrected chi connectivity index (χ2v) is 9.44. The molecule has 0 saturated heterocycles. The third-order valence-electron chi connectivity index (χ3n) is 4.51. The molecule has 1 aromatic heterocycles. The third kappa shape index (κ3) is 4.96. The number of aromatic nitrogens is 2. The fourth-order valence-corrected chi connectivity index (χ4v) is 4.48. The molecule has 3 aromatic carbocycles. The Morgan fingerprint density at radius 3 is 2.60 bits per heavy atom. The predicted molar refractivity (Wildman–Crippen MR) is 121 cm³/mol. The number of H-pyrrole nitrogens is 1. The SMILES string of the molecule is O=S(=O)(O)c1ccc2nc(SCc3ccccc3NCc3ccc(Cl)cc3)[nH]c2c1. The van der Waals surface area contributed by atoms with Crippen LogP contribution in [-0.4, -0.2) is 22.9 Å². The van der Waals surface area contributed by atoms with Gasteiger partial charge in [-0.2, -0.15) is 8.42 Å². The molecule has 9 heteroatoms. The number of benzene rings is 3. The highest BCUT2D eigenvalue weighted by Gasteiger charge is 2.12. The Balaban J connectivity index is 1.46. The Kier molecular flexibility index (Phi) is 6.01. The molecule has 0 saturated carbocycles. The number of nitrogens with zero attached hydrogens (tertiary/aromatic N) is 1. The first-order valence-corrected chi connectivity index (χ1v) is 11.9. The summed E-state index contributed by atoms with van der Waals surface area (Å²) in [6, 6.07) is 20.1. The van der Waals surface area contributed by atoms with Crippen molar-refractivity contribution in [2.24, 2.45) is 0 Å². The average molecular weight is 460 g/mol. The summed E-state index contributed by atoms with van der Waals surface area (Å²) in [6.07, 6.45) is 0. The van der Waals surface area contributed by atoms with Crippen LogP contribution in [0.5, 0.6) is 0 Å². The van der Waals surface area contributed by atoms with Crippen LogP contribution < -0.4 is 5.32 Å². The lowest BCUT2D eigenvalue weighted by molar-refractivity contribution is 0.483. The van der Waals surface area contributed by atoms with Gasteiger partial charge in [-0.15, -0.1) is 0 Å². The minimum Gasteiger partial charge on any atom is -0.381 e. The molecule has 0 unspecified atom stereocenters. The number of halogens is 1. The standard InChI is InChI=1S/C21H18ClN3O3S2/c22-16-7-5-14(6-8-16)12-23-18-4-2-1-3-15(18)13-29-21-24-19-10-9-17(30(26,27)28)11-20(19)25-21/h1-11,23H,12-13H2,(H,24,25)(H,26,27,28). The molecular weight excluding hydrogens is 442 g/mol. The molecule has 0 aliphatic carbocycles. The number of anilines is 1. The Hall–Kier alpha value is -2.52. The third-order valence-corrected chi connectivity index (χ3v) is 6.53. The summed E-state index contributed by atoms with van der Waals surface area (Å²) in [6.45, 7) is 0.682. The number of thioether (sulfide) groups is 1. The van der Waals surface area contributed by atoms with E-state index in [1.54, 1.807) is 6.07 Å². The molecule has 0 aliphatic rings. The van der Waals surface area contributed by atoms with Crippen molar-refractivity contribution in [3.63, 3.8) is 0 Å². The minimum atomic E-state index is -4.25. The lowest BCUT2D eigenvalue weighted by Gasteiger charge is -2.11. The van der Waals surface area contributed by atoms with Gasteiger partial charge in [0.05, 0.1) is 15.9 Å². The Morgan fingerprint density at radius 2 is 1.83 bits per heavy atom. The van der Waals surface area contributed by atoms with Crippen LogP contribution in [0.2, 0.25) is 5.02 Å². The van der Waals surface area contributed by atoms with Gasteiger partial charge in [0.1, 0.15) is 0 Å². The van der Waals surface area contributed by atoms with E-state index in [4.69, 9.17) is 11.6 Å². The molecule has 0 fully saturated rings. The molecule has 30 heavy (non-hydrogen) atoms. The van der Waals surface area contributed by atoms with Crippen molar-refractivity contribution in [1.29, 1.82) is 0 Å². The van der Waals surface area contributed by atoms with E-state index in [0.717, 1.165) is 16.8 Å². The lowest BCUT2D eigenvalue weighted by Crippen LogP contribution is -2.01. The van der Waals surface area contributed by atoms with Crippen LogP contribution in [0.4, 0.5) is 5.69 Å². The summed E-state index contributed by atoms with van der Waals surface area (Å²) in [5.74, 6) is 0.675. The number of nitrogens with one attached hydrogen (secondary N) is 2. The fraction of sp³-hybridized carbons (Fsp3) is 0.0952. The topological polar surface area (TPSA) is 95.1 Å². The van der Waals surface area contributed by atoms with Gasteiger partial charge in [0, 0.05) is 23.0 Å². The van der Waals surface area contributed by atoms with Gasteiger partial charge in [0.25, 0.3) is 10.1 Å². The fourth-order valence-electron chi connectivity index (χ4n) is 2.96. The molecule has 0 aliphatic heterocycles. The molecule has 6 nitrogen and oxygen atoms in total. The van der Waals surface area contributed by atoms with Gasteiger partial charge in [0.15, 0.2) is 5.16 Å². The maximum Gasteiger partial charge on any atom is 0.294 e. The van der Waals surface area contributed by atoms with E-state index in [2.05, 4.69) is 21.4 Å². The minimum absolute atomic E-state index is 0.160. The van der Waals surface area contributed by atoms with Crippen LogP contribution in [0.3, 0.4) is 0 Å². The molecular formula is C21H18ClN3O3S2. The maximum absolute atomic E-state index is 11.3. The van der Waals surface area contributed by atoms with E-state index in [1.165, 1.54) is 23.9 Å². The Labute approximate surface area is 183 Å². The van der Waals surface area contributed by atoms with Crippen LogP contribution in [0.1, 0.15) is 11.1 Å². The van der Waals surface area contributed by atoms with Crippen molar-refractivity contribution in [1.82, 2.24) is 9.97 Å². The second kappa shape index (κ2) is 8.69. The molecule has 154 valence electrons. The first-order valence-electron chi connectivity index (χ1n) is 9.05. The van der Waals surface area contributed by atoms with Crippen LogP contribution in [0.15, 0.2) is 76.8 Å². The van der Waals surface area contributed by atoms with Crippen LogP contribution in [0.25, 0.3) is 11.0 Å². The van der Waals surface area contributed by atoms with Crippen molar-refractivity contribution in [2.75, 3.05) is 5.32 Å². The van der Waals surface area contributed by atoms with Crippen molar-refractivity contribution in [3.05, 3.63) is 82.9 Å². The van der Waals surface area contributed by atoms with E-state index in [1.807, 2.05) is 42.5 Å². The quantitative estimate of drug-likeness (QED) is 0.254. The zero-order chi connectivity index (χ0) is 21.1. The van der Waals surface area contributed by atoms with E-state index in [9.17, 15) is 13.0 Å². The van der Waals surface area contributed by atoms with Crippen LogP contribution in [-0.2, 0) is 22.4 Å². The first kappa shape index (κ1) is 20.7.